The molecule has 0 saturated carbocycles. The van der Waals surface area contributed by atoms with Crippen molar-refractivity contribution in [2.45, 2.75) is 24.9 Å². The van der Waals surface area contributed by atoms with Crippen LogP contribution in [-0.4, -0.2) is 37.9 Å². The molecule has 2 nitrogen and oxygen atoms in total. The first kappa shape index (κ1) is 18.8. The van der Waals surface area contributed by atoms with E-state index >= 15 is 0 Å². The van der Waals surface area contributed by atoms with Crippen molar-refractivity contribution < 1.29 is 8.42 Å². The van der Waals surface area contributed by atoms with Crippen molar-refractivity contribution in [1.29, 1.82) is 0 Å². The van der Waals surface area contributed by atoms with Crippen LogP contribution in [0.3, 0.4) is 0 Å². The van der Waals surface area contributed by atoms with E-state index in [9.17, 15) is 8.42 Å². The summed E-state index contributed by atoms with van der Waals surface area (Å²) < 4.78 is 24.0. The van der Waals surface area contributed by atoms with Crippen molar-refractivity contribution in [3.63, 3.8) is 0 Å². The van der Waals surface area contributed by atoms with Gasteiger partial charge in [0.25, 0.3) is 0 Å². The van der Waals surface area contributed by atoms with Gasteiger partial charge in [-0.1, -0.05) is 72.5 Å². The van der Waals surface area contributed by atoms with Gasteiger partial charge in [0, 0.05) is 5.66 Å². The van der Waals surface area contributed by atoms with Crippen molar-refractivity contribution in [3.8, 4) is 0 Å². The molecule has 0 amide bonds. The third kappa shape index (κ3) is 5.26. The van der Waals surface area contributed by atoms with Gasteiger partial charge in [0.15, 0.2) is 9.84 Å². The van der Waals surface area contributed by atoms with Gasteiger partial charge in [-0.3, -0.25) is 0 Å². The van der Waals surface area contributed by atoms with Crippen molar-refractivity contribution in [2.75, 3.05) is 23.8 Å². The van der Waals surface area contributed by atoms with E-state index in [4.69, 9.17) is 11.8 Å². The van der Waals surface area contributed by atoms with Gasteiger partial charge in [0.05, 0.1) is 11.5 Å². The molecule has 1 fully saturated rings. The van der Waals surface area contributed by atoms with E-state index in [1.165, 1.54) is 11.1 Å². The Morgan fingerprint density at radius 3 is 1.76 bits per heavy atom. The summed E-state index contributed by atoms with van der Waals surface area (Å²) in [5, 5.41) is 0. The fourth-order valence-corrected chi connectivity index (χ4v) is 11.3. The predicted octanol–water partition coefficient (Wildman–Crippen LogP) is 4.14. The third-order valence-corrected chi connectivity index (χ3v) is 12.9. The van der Waals surface area contributed by atoms with E-state index < -0.39 is 15.9 Å². The molecule has 0 N–H and O–H groups in total. The van der Waals surface area contributed by atoms with Crippen LogP contribution in [-0.2, 0) is 34.5 Å². The van der Waals surface area contributed by atoms with E-state index in [2.05, 4.69) is 48.5 Å². The van der Waals surface area contributed by atoms with Gasteiger partial charge in [-0.15, -0.1) is 0 Å². The summed E-state index contributed by atoms with van der Waals surface area (Å²) in [5.74, 6) is 0.639. The molecule has 1 aliphatic rings. The molecule has 1 heterocycles. The standard InChI is InChI=1S/C20H25O2PS2/c21-25(22)16-13-20(17-25)23(24,14-11-18-7-3-1-4-8-18)15-12-19-9-5-2-6-10-19/h1-10,20H,11-17H2. The van der Waals surface area contributed by atoms with Crippen molar-refractivity contribution >= 4 is 27.7 Å². The summed E-state index contributed by atoms with van der Waals surface area (Å²) in [7, 11) is -2.88. The van der Waals surface area contributed by atoms with Crippen LogP contribution in [0.25, 0.3) is 0 Å². The van der Waals surface area contributed by atoms with Crippen LogP contribution in [0, 0.1) is 0 Å². The lowest BCUT2D eigenvalue weighted by atomic mass is 10.2. The molecule has 5 heteroatoms. The van der Waals surface area contributed by atoms with E-state index in [-0.39, 0.29) is 5.66 Å². The molecule has 1 saturated heterocycles. The Labute approximate surface area is 156 Å². The Morgan fingerprint density at radius 1 is 0.880 bits per heavy atom. The van der Waals surface area contributed by atoms with E-state index in [0.717, 1.165) is 31.6 Å². The van der Waals surface area contributed by atoms with Crippen LogP contribution in [0.4, 0.5) is 0 Å². The van der Waals surface area contributed by atoms with Gasteiger partial charge in [-0.25, -0.2) is 8.42 Å². The van der Waals surface area contributed by atoms with Gasteiger partial charge < -0.3 is 0 Å². The summed E-state index contributed by atoms with van der Waals surface area (Å²) in [6, 6.07) is 19.1. The Morgan fingerprint density at radius 2 is 1.36 bits per heavy atom. The van der Waals surface area contributed by atoms with Gasteiger partial charge in [-0.2, -0.15) is 0 Å². The second-order valence-corrected chi connectivity index (χ2v) is 14.9. The molecule has 134 valence electrons. The normalized spacial score (nSPS) is 19.8. The van der Waals surface area contributed by atoms with Crippen molar-refractivity contribution in [3.05, 3.63) is 71.8 Å². The molecule has 3 rings (SSSR count). The minimum absolute atomic E-state index is 0.208. The van der Waals surface area contributed by atoms with Crippen molar-refractivity contribution in [1.82, 2.24) is 0 Å². The summed E-state index contributed by atoms with van der Waals surface area (Å²) in [5.41, 5.74) is 2.81. The second-order valence-electron chi connectivity index (χ2n) is 6.93. The molecule has 1 atom stereocenters. The maximum atomic E-state index is 12.0. The fourth-order valence-electron chi connectivity index (χ4n) is 3.55. The predicted molar refractivity (Wildman–Crippen MR) is 111 cm³/mol. The highest BCUT2D eigenvalue weighted by Gasteiger charge is 2.37. The highest BCUT2D eigenvalue weighted by molar-refractivity contribution is 8.15. The van der Waals surface area contributed by atoms with Crippen LogP contribution in [0.15, 0.2) is 60.7 Å². The molecule has 0 bridgehead atoms. The number of sulfone groups is 1. The zero-order valence-corrected chi connectivity index (χ0v) is 16.9. The Balaban J connectivity index is 1.74. The molecule has 0 aromatic heterocycles. The summed E-state index contributed by atoms with van der Waals surface area (Å²) in [6.45, 7) is 0. The number of hydrogen-bond donors (Lipinski definition) is 0. The zero-order valence-electron chi connectivity index (χ0n) is 14.4. The van der Waals surface area contributed by atoms with Gasteiger partial charge in [0.1, 0.15) is 0 Å². The Kier molecular flexibility index (Phi) is 6.14. The Hall–Kier alpha value is -0.960. The molecule has 1 aliphatic heterocycles. The summed E-state index contributed by atoms with van der Waals surface area (Å²) in [4.78, 5) is 0. The molecule has 0 spiro atoms. The lowest BCUT2D eigenvalue weighted by Gasteiger charge is -2.28. The quantitative estimate of drug-likeness (QED) is 0.664. The molecule has 2 aromatic rings. The molecule has 0 aliphatic carbocycles. The van der Waals surface area contributed by atoms with E-state index in [1.54, 1.807) is 0 Å². The maximum Gasteiger partial charge on any atom is 0.150 e. The van der Waals surface area contributed by atoms with Crippen LogP contribution in [0.2, 0.25) is 0 Å². The van der Waals surface area contributed by atoms with Crippen LogP contribution < -0.4 is 0 Å². The SMILES string of the molecule is O=S1(=O)CCC(P(=S)(CCc2ccccc2)CCc2ccccc2)C1. The van der Waals surface area contributed by atoms with Crippen LogP contribution >= 0.6 is 6.04 Å². The van der Waals surface area contributed by atoms with Gasteiger partial charge in [0.2, 0.25) is 0 Å². The fraction of sp³-hybridized carbons (Fsp3) is 0.400. The third-order valence-electron chi connectivity index (χ3n) is 5.12. The topological polar surface area (TPSA) is 34.1 Å². The largest absolute Gasteiger partial charge is 0.229 e. The summed E-state index contributed by atoms with van der Waals surface area (Å²) in [6.07, 6.45) is 4.63. The lowest BCUT2D eigenvalue weighted by Crippen LogP contribution is -2.17. The van der Waals surface area contributed by atoms with Gasteiger partial charge in [-0.05, 0) is 48.8 Å². The second kappa shape index (κ2) is 8.16. The number of aryl methyl sites for hydroxylation is 2. The average molecular weight is 393 g/mol. The molecule has 0 radical (unpaired) electrons. The first-order valence-electron chi connectivity index (χ1n) is 8.83. The van der Waals surface area contributed by atoms with E-state index in [0.29, 0.717) is 11.5 Å². The highest BCUT2D eigenvalue weighted by atomic mass is 32.4. The first-order chi connectivity index (χ1) is 12.0. The summed E-state index contributed by atoms with van der Waals surface area (Å²) >= 11 is 6.21. The van der Waals surface area contributed by atoms with Crippen LogP contribution in [0.5, 0.6) is 0 Å². The molecule has 2 aromatic carbocycles. The lowest BCUT2D eigenvalue weighted by molar-refractivity contribution is 0.602. The highest BCUT2D eigenvalue weighted by Crippen LogP contribution is 2.55. The van der Waals surface area contributed by atoms with Crippen molar-refractivity contribution in [2.24, 2.45) is 0 Å². The zero-order chi connectivity index (χ0) is 17.8. The van der Waals surface area contributed by atoms with E-state index in [1.807, 2.05) is 12.1 Å². The number of hydrogen-bond acceptors (Lipinski definition) is 3. The molecular weight excluding hydrogens is 367 g/mol. The Bertz CT molecular complexity index is 785. The molecule has 25 heavy (non-hydrogen) atoms. The molecule has 1 unspecified atom stereocenters. The van der Waals surface area contributed by atoms with Crippen LogP contribution in [0.1, 0.15) is 17.5 Å². The monoisotopic (exact) mass is 392 g/mol. The number of benzene rings is 2. The number of rotatable bonds is 7. The minimum atomic E-state index is -2.88. The minimum Gasteiger partial charge on any atom is -0.229 e. The van der Waals surface area contributed by atoms with Gasteiger partial charge >= 0.3 is 0 Å². The first-order valence-corrected chi connectivity index (χ1v) is 13.9. The average Bonchev–Trinajstić information content (AvgIpc) is 3.01. The molecular formula is C20H25O2PS2. The smallest absolute Gasteiger partial charge is 0.150 e. The maximum absolute atomic E-state index is 12.0.